The number of aromatic nitrogens is 1. The Labute approximate surface area is 116 Å². The van der Waals surface area contributed by atoms with Crippen molar-refractivity contribution in [2.75, 3.05) is 0 Å². The van der Waals surface area contributed by atoms with E-state index in [0.29, 0.717) is 5.56 Å². The molecule has 4 N–H and O–H groups in total. The Morgan fingerprint density at radius 3 is 2.60 bits per heavy atom. The Bertz CT molecular complexity index is 690. The first kappa shape index (κ1) is 13.2. The molecule has 0 unspecified atom stereocenters. The number of guanidine groups is 1. The molecule has 1 aromatic heterocycles. The third kappa shape index (κ3) is 3.40. The summed E-state index contributed by atoms with van der Waals surface area (Å²) in [5, 5.41) is 16.1. The highest BCUT2D eigenvalue weighted by Gasteiger charge is 2.00. The van der Waals surface area contributed by atoms with Crippen molar-refractivity contribution in [1.29, 1.82) is 5.26 Å². The lowest BCUT2D eigenvalue weighted by Gasteiger charge is -2.01. The van der Waals surface area contributed by atoms with Gasteiger partial charge in [-0.3, -0.25) is 4.98 Å². The van der Waals surface area contributed by atoms with Crippen molar-refractivity contribution in [3.63, 3.8) is 0 Å². The van der Waals surface area contributed by atoms with E-state index in [9.17, 15) is 0 Å². The lowest BCUT2D eigenvalue weighted by molar-refractivity contribution is 1.21. The standard InChI is InChI=1S/C14H12N6/c15-8-11-5-6-18-13(7-11)12-3-1-10(2-4-12)9-19-20-14(16)17/h1-7,9H,(H4,16,17,20). The van der Waals surface area contributed by atoms with Crippen LogP contribution in [0.15, 0.2) is 52.8 Å². The molecule has 0 spiro atoms. The molecule has 0 aliphatic carbocycles. The first-order chi connectivity index (χ1) is 9.69. The molecule has 1 heterocycles. The molecular weight excluding hydrogens is 252 g/mol. The van der Waals surface area contributed by atoms with Crippen LogP contribution in [-0.4, -0.2) is 17.2 Å². The van der Waals surface area contributed by atoms with E-state index in [0.717, 1.165) is 16.8 Å². The van der Waals surface area contributed by atoms with Crippen molar-refractivity contribution in [2.24, 2.45) is 21.7 Å². The van der Waals surface area contributed by atoms with E-state index < -0.39 is 0 Å². The topological polar surface area (TPSA) is 113 Å². The summed E-state index contributed by atoms with van der Waals surface area (Å²) in [5.74, 6) is -0.0876. The minimum atomic E-state index is -0.0876. The van der Waals surface area contributed by atoms with E-state index in [2.05, 4.69) is 21.3 Å². The third-order valence-corrected chi connectivity index (χ3v) is 2.48. The number of hydrogen-bond donors (Lipinski definition) is 2. The molecule has 0 aliphatic heterocycles. The Hall–Kier alpha value is -3.20. The smallest absolute Gasteiger partial charge is 0.211 e. The zero-order valence-electron chi connectivity index (χ0n) is 10.6. The maximum absolute atomic E-state index is 8.87. The van der Waals surface area contributed by atoms with Gasteiger partial charge < -0.3 is 11.5 Å². The maximum atomic E-state index is 8.87. The first-order valence-electron chi connectivity index (χ1n) is 5.77. The normalized spacial score (nSPS) is 10.2. The average molecular weight is 264 g/mol. The summed E-state index contributed by atoms with van der Waals surface area (Å²) in [6.07, 6.45) is 3.16. The molecule has 0 radical (unpaired) electrons. The second-order valence-electron chi connectivity index (χ2n) is 3.93. The molecular formula is C14H12N6. The summed E-state index contributed by atoms with van der Waals surface area (Å²) in [6, 6.07) is 13.0. The van der Waals surface area contributed by atoms with Gasteiger partial charge in [-0.15, -0.1) is 5.10 Å². The average Bonchev–Trinajstić information content (AvgIpc) is 2.48. The van der Waals surface area contributed by atoms with Gasteiger partial charge in [0.25, 0.3) is 0 Å². The Morgan fingerprint density at radius 2 is 1.95 bits per heavy atom. The zero-order chi connectivity index (χ0) is 14.4. The molecule has 0 fully saturated rings. The van der Waals surface area contributed by atoms with Gasteiger partial charge in [0.15, 0.2) is 0 Å². The molecule has 2 rings (SSSR count). The highest BCUT2D eigenvalue weighted by Crippen LogP contribution is 2.17. The fraction of sp³-hybridized carbons (Fsp3) is 0. The maximum Gasteiger partial charge on any atom is 0.211 e. The lowest BCUT2D eigenvalue weighted by atomic mass is 10.1. The van der Waals surface area contributed by atoms with Gasteiger partial charge in [0, 0.05) is 11.8 Å². The van der Waals surface area contributed by atoms with Gasteiger partial charge in [0.1, 0.15) is 0 Å². The molecule has 0 bridgehead atoms. The van der Waals surface area contributed by atoms with Gasteiger partial charge in [0.05, 0.1) is 23.5 Å². The summed E-state index contributed by atoms with van der Waals surface area (Å²) in [6.45, 7) is 0. The minimum Gasteiger partial charge on any atom is -0.369 e. The molecule has 20 heavy (non-hydrogen) atoms. The molecule has 0 saturated carbocycles. The molecule has 98 valence electrons. The number of nitrogens with two attached hydrogens (primary N) is 2. The fourth-order valence-electron chi connectivity index (χ4n) is 1.56. The van der Waals surface area contributed by atoms with E-state index in [1.165, 1.54) is 0 Å². The Kier molecular flexibility index (Phi) is 4.04. The zero-order valence-corrected chi connectivity index (χ0v) is 10.6. The molecule has 0 atom stereocenters. The fourth-order valence-corrected chi connectivity index (χ4v) is 1.56. The van der Waals surface area contributed by atoms with Crippen LogP contribution in [0, 0.1) is 11.3 Å². The van der Waals surface area contributed by atoms with Gasteiger partial charge in [-0.1, -0.05) is 24.3 Å². The Balaban J connectivity index is 2.22. The van der Waals surface area contributed by atoms with E-state index in [1.807, 2.05) is 24.3 Å². The van der Waals surface area contributed by atoms with Crippen molar-refractivity contribution in [1.82, 2.24) is 4.98 Å². The monoisotopic (exact) mass is 264 g/mol. The molecule has 0 saturated heterocycles. The highest BCUT2D eigenvalue weighted by molar-refractivity contribution is 5.82. The van der Waals surface area contributed by atoms with Crippen LogP contribution < -0.4 is 11.5 Å². The third-order valence-electron chi connectivity index (χ3n) is 2.48. The van der Waals surface area contributed by atoms with Crippen LogP contribution in [0.2, 0.25) is 0 Å². The van der Waals surface area contributed by atoms with Crippen LogP contribution in [0.25, 0.3) is 11.3 Å². The van der Waals surface area contributed by atoms with E-state index >= 15 is 0 Å². The van der Waals surface area contributed by atoms with Crippen molar-refractivity contribution < 1.29 is 0 Å². The van der Waals surface area contributed by atoms with Crippen molar-refractivity contribution in [3.05, 3.63) is 53.7 Å². The molecule has 6 heteroatoms. The van der Waals surface area contributed by atoms with Crippen LogP contribution in [0.5, 0.6) is 0 Å². The van der Waals surface area contributed by atoms with Gasteiger partial charge in [-0.05, 0) is 17.7 Å². The highest BCUT2D eigenvalue weighted by atomic mass is 15.3. The van der Waals surface area contributed by atoms with Gasteiger partial charge >= 0.3 is 0 Å². The molecule has 2 aromatic rings. The van der Waals surface area contributed by atoms with Crippen LogP contribution >= 0.6 is 0 Å². The van der Waals surface area contributed by atoms with Crippen molar-refractivity contribution >= 4 is 12.2 Å². The number of pyridine rings is 1. The summed E-state index contributed by atoms with van der Waals surface area (Å²) in [5.41, 5.74) is 13.4. The second-order valence-corrected chi connectivity index (χ2v) is 3.93. The summed E-state index contributed by atoms with van der Waals surface area (Å²) >= 11 is 0. The van der Waals surface area contributed by atoms with Crippen LogP contribution in [0.3, 0.4) is 0 Å². The predicted octanol–water partition coefficient (Wildman–Crippen LogP) is 1.23. The predicted molar refractivity (Wildman–Crippen MR) is 77.8 cm³/mol. The Morgan fingerprint density at radius 1 is 1.20 bits per heavy atom. The quantitative estimate of drug-likeness (QED) is 0.493. The van der Waals surface area contributed by atoms with E-state index in [4.69, 9.17) is 16.7 Å². The van der Waals surface area contributed by atoms with Crippen molar-refractivity contribution in [3.8, 4) is 17.3 Å². The number of rotatable bonds is 3. The number of nitrogens with zero attached hydrogens (tertiary/aromatic N) is 4. The molecule has 0 aliphatic rings. The van der Waals surface area contributed by atoms with Gasteiger partial charge in [-0.25, -0.2) is 0 Å². The number of benzene rings is 1. The van der Waals surface area contributed by atoms with Crippen LogP contribution in [0.4, 0.5) is 0 Å². The lowest BCUT2D eigenvalue weighted by Crippen LogP contribution is -2.21. The molecule has 1 aromatic carbocycles. The summed E-state index contributed by atoms with van der Waals surface area (Å²) < 4.78 is 0. The van der Waals surface area contributed by atoms with Crippen LogP contribution in [-0.2, 0) is 0 Å². The largest absolute Gasteiger partial charge is 0.369 e. The van der Waals surface area contributed by atoms with E-state index in [1.54, 1.807) is 24.5 Å². The van der Waals surface area contributed by atoms with Gasteiger partial charge in [-0.2, -0.15) is 10.4 Å². The first-order valence-corrected chi connectivity index (χ1v) is 5.77. The number of nitriles is 1. The summed E-state index contributed by atoms with van der Waals surface area (Å²) in [4.78, 5) is 4.23. The van der Waals surface area contributed by atoms with Gasteiger partial charge in [0.2, 0.25) is 5.96 Å². The molecule has 6 nitrogen and oxygen atoms in total. The SMILES string of the molecule is N#Cc1ccnc(-c2ccc(C=NN=C(N)N)cc2)c1. The number of hydrogen-bond acceptors (Lipinski definition) is 4. The van der Waals surface area contributed by atoms with Crippen molar-refractivity contribution in [2.45, 2.75) is 0 Å². The molecule has 0 amide bonds. The second kappa shape index (κ2) is 6.11. The van der Waals surface area contributed by atoms with E-state index in [-0.39, 0.29) is 5.96 Å². The minimum absolute atomic E-state index is 0.0876. The summed E-state index contributed by atoms with van der Waals surface area (Å²) in [7, 11) is 0. The van der Waals surface area contributed by atoms with Crippen LogP contribution in [0.1, 0.15) is 11.1 Å².